The predicted octanol–water partition coefficient (Wildman–Crippen LogP) is 5.22. The predicted molar refractivity (Wildman–Crippen MR) is 109 cm³/mol. The molecule has 0 aromatic heterocycles. The largest absolute Gasteiger partial charge is 0.488 e. The molecule has 1 aromatic rings. The highest BCUT2D eigenvalue weighted by molar-refractivity contribution is 7.99. The second kappa shape index (κ2) is 12.2. The van der Waals surface area contributed by atoms with Gasteiger partial charge in [-0.1, -0.05) is 48.6 Å². The zero-order valence-corrected chi connectivity index (χ0v) is 15.6. The van der Waals surface area contributed by atoms with E-state index in [4.69, 9.17) is 16.3 Å². The number of amides is 1. The van der Waals surface area contributed by atoms with E-state index in [1.165, 1.54) is 18.0 Å². The van der Waals surface area contributed by atoms with Crippen LogP contribution in [0.2, 0.25) is 5.02 Å². The Labute approximate surface area is 158 Å². The molecule has 0 saturated heterocycles. The molecule has 0 spiro atoms. The number of carbonyl (C=O) groups excluding carboxylic acids is 1. The van der Waals surface area contributed by atoms with Gasteiger partial charge in [-0.05, 0) is 31.8 Å². The van der Waals surface area contributed by atoms with Crippen molar-refractivity contribution in [3.8, 4) is 0 Å². The molecule has 132 valence electrons. The number of hydrogen-bond donors (Lipinski definition) is 1. The van der Waals surface area contributed by atoms with Crippen LogP contribution in [-0.2, 0) is 9.53 Å². The molecular formula is C19H21ClN2O2S. The topological polar surface area (TPSA) is 50.7 Å². The monoisotopic (exact) mass is 376 g/mol. The molecule has 6 heteroatoms. The molecule has 0 bridgehead atoms. The molecule has 0 aliphatic rings. The maximum atomic E-state index is 11.9. The average molecular weight is 377 g/mol. The molecule has 0 heterocycles. The molecule has 0 atom stereocenters. The fourth-order valence-electron chi connectivity index (χ4n) is 1.79. The molecule has 0 aliphatic carbocycles. The molecule has 0 fully saturated rings. The number of benzene rings is 1. The van der Waals surface area contributed by atoms with Crippen molar-refractivity contribution in [2.45, 2.75) is 6.92 Å². The lowest BCUT2D eigenvalue weighted by molar-refractivity contribution is -0.113. The van der Waals surface area contributed by atoms with Gasteiger partial charge in [0.1, 0.15) is 17.9 Å². The molecule has 0 aliphatic heterocycles. The summed E-state index contributed by atoms with van der Waals surface area (Å²) in [5, 5.41) is 3.35. The van der Waals surface area contributed by atoms with Gasteiger partial charge >= 0.3 is 0 Å². The summed E-state index contributed by atoms with van der Waals surface area (Å²) in [6, 6.07) is 7.01. The lowest BCUT2D eigenvalue weighted by Gasteiger charge is -2.06. The Morgan fingerprint density at radius 1 is 1.48 bits per heavy atom. The fourth-order valence-corrected chi connectivity index (χ4v) is 2.48. The van der Waals surface area contributed by atoms with Crippen LogP contribution in [0.1, 0.15) is 6.92 Å². The number of nitrogens with zero attached hydrogens (tertiary/aromatic N) is 1. The lowest BCUT2D eigenvalue weighted by atomic mass is 10.2. The van der Waals surface area contributed by atoms with Crippen molar-refractivity contribution in [1.29, 1.82) is 0 Å². The van der Waals surface area contributed by atoms with Crippen molar-refractivity contribution >= 4 is 41.7 Å². The van der Waals surface area contributed by atoms with E-state index in [0.29, 0.717) is 22.3 Å². The van der Waals surface area contributed by atoms with Gasteiger partial charge in [-0.2, -0.15) is 0 Å². The van der Waals surface area contributed by atoms with Crippen LogP contribution in [-0.4, -0.2) is 24.3 Å². The highest BCUT2D eigenvalue weighted by atomic mass is 35.5. The zero-order chi connectivity index (χ0) is 18.5. The summed E-state index contributed by atoms with van der Waals surface area (Å²) in [4.78, 5) is 15.8. The lowest BCUT2D eigenvalue weighted by Crippen LogP contribution is -2.14. The molecule has 0 unspecified atom stereocenters. The number of aliphatic imine (C=N–C) groups is 1. The van der Waals surface area contributed by atoms with Gasteiger partial charge in [0.15, 0.2) is 0 Å². The van der Waals surface area contributed by atoms with Crippen LogP contribution in [0.15, 0.2) is 77.7 Å². The van der Waals surface area contributed by atoms with E-state index in [1.807, 2.05) is 25.2 Å². The molecule has 25 heavy (non-hydrogen) atoms. The van der Waals surface area contributed by atoms with Gasteiger partial charge in [0.25, 0.3) is 0 Å². The van der Waals surface area contributed by atoms with Crippen molar-refractivity contribution in [2.24, 2.45) is 4.99 Å². The summed E-state index contributed by atoms with van der Waals surface area (Å²) in [5.74, 6) is 0.462. The van der Waals surface area contributed by atoms with E-state index in [-0.39, 0.29) is 11.7 Å². The number of nitrogens with one attached hydrogen (secondary N) is 1. The molecular weight excluding hydrogens is 356 g/mol. The second-order valence-electron chi connectivity index (χ2n) is 4.71. The van der Waals surface area contributed by atoms with E-state index in [0.717, 1.165) is 5.57 Å². The van der Waals surface area contributed by atoms with E-state index in [1.54, 1.807) is 30.3 Å². The molecule has 4 nitrogen and oxygen atoms in total. The van der Waals surface area contributed by atoms with Crippen LogP contribution in [0.25, 0.3) is 0 Å². The number of halogens is 1. The Hall–Kier alpha value is -2.24. The van der Waals surface area contributed by atoms with Gasteiger partial charge in [-0.15, -0.1) is 11.8 Å². The summed E-state index contributed by atoms with van der Waals surface area (Å²) in [6.07, 6.45) is 8.78. The van der Waals surface area contributed by atoms with Crippen LogP contribution < -0.4 is 5.32 Å². The number of hydrogen-bond acceptors (Lipinski definition) is 4. The first kappa shape index (κ1) is 20.8. The summed E-state index contributed by atoms with van der Waals surface area (Å²) >= 11 is 7.22. The van der Waals surface area contributed by atoms with Crippen LogP contribution in [0.4, 0.5) is 5.69 Å². The van der Waals surface area contributed by atoms with E-state index in [9.17, 15) is 4.79 Å². The van der Waals surface area contributed by atoms with Gasteiger partial charge in [-0.3, -0.25) is 9.79 Å². The van der Waals surface area contributed by atoms with Gasteiger partial charge < -0.3 is 10.1 Å². The van der Waals surface area contributed by atoms with E-state index in [2.05, 4.69) is 23.6 Å². The summed E-state index contributed by atoms with van der Waals surface area (Å²) in [5.41, 5.74) is 2.11. The maximum Gasteiger partial charge on any atom is 0.234 e. The van der Waals surface area contributed by atoms with Crippen molar-refractivity contribution in [3.05, 3.63) is 77.7 Å². The van der Waals surface area contributed by atoms with Crippen LogP contribution in [0.5, 0.6) is 0 Å². The van der Waals surface area contributed by atoms with Crippen molar-refractivity contribution in [1.82, 2.24) is 0 Å². The second-order valence-corrected chi connectivity index (χ2v) is 6.08. The van der Waals surface area contributed by atoms with Crippen molar-refractivity contribution in [3.63, 3.8) is 0 Å². The third-order valence-corrected chi connectivity index (χ3v) is 3.80. The Kier molecular flexibility index (Phi) is 10.1. The normalized spacial score (nSPS) is 12.1. The van der Waals surface area contributed by atoms with Crippen molar-refractivity contribution < 1.29 is 9.53 Å². The quantitative estimate of drug-likeness (QED) is 0.200. The smallest absolute Gasteiger partial charge is 0.234 e. The Morgan fingerprint density at radius 3 is 2.92 bits per heavy atom. The molecule has 1 rings (SSSR count). The van der Waals surface area contributed by atoms with Crippen molar-refractivity contribution in [2.75, 3.05) is 17.0 Å². The standard InChI is InChI=1S/C19H21ClN2O2S/c1-4-7-15(8-5-2)18(21-3)12-24-14-25-13-19(23)22-17-10-6-9-16(20)11-17/h4-12H,1,3,13-14H2,2H3,(H,22,23)/b8-5-,15-7+,18-12-. The van der Waals surface area contributed by atoms with Gasteiger partial charge in [0, 0.05) is 16.3 Å². The van der Waals surface area contributed by atoms with Gasteiger partial charge in [0.05, 0.1) is 5.75 Å². The number of rotatable bonds is 10. The minimum absolute atomic E-state index is 0.122. The summed E-state index contributed by atoms with van der Waals surface area (Å²) in [7, 11) is 0. The number of ether oxygens (including phenoxy) is 1. The minimum atomic E-state index is -0.122. The number of anilines is 1. The molecule has 1 N–H and O–H groups in total. The number of thioether (sulfide) groups is 1. The first-order valence-electron chi connectivity index (χ1n) is 7.48. The molecule has 0 saturated carbocycles. The third-order valence-electron chi connectivity index (χ3n) is 2.80. The highest BCUT2D eigenvalue weighted by Gasteiger charge is 2.03. The van der Waals surface area contributed by atoms with Crippen LogP contribution in [0.3, 0.4) is 0 Å². The SMILES string of the molecule is C=C/C=C(\C=C/C)C(=C/OCSCC(=O)Nc1cccc(Cl)c1)/N=C. The minimum Gasteiger partial charge on any atom is -0.488 e. The Balaban J connectivity index is 2.43. The average Bonchev–Trinajstić information content (AvgIpc) is 2.58. The third kappa shape index (κ3) is 8.42. The first-order valence-corrected chi connectivity index (χ1v) is 9.01. The molecule has 1 amide bonds. The first-order chi connectivity index (χ1) is 12.1. The maximum absolute atomic E-state index is 11.9. The number of allylic oxidation sites excluding steroid dienone is 4. The summed E-state index contributed by atoms with van der Waals surface area (Å²) in [6.45, 7) is 9.12. The fraction of sp³-hybridized carbons (Fsp3) is 0.158. The number of carbonyl (C=O) groups is 1. The van der Waals surface area contributed by atoms with Gasteiger partial charge in [-0.25, -0.2) is 0 Å². The van der Waals surface area contributed by atoms with Gasteiger partial charge in [0.2, 0.25) is 5.91 Å². The van der Waals surface area contributed by atoms with E-state index < -0.39 is 0 Å². The van der Waals surface area contributed by atoms with Crippen LogP contribution >= 0.6 is 23.4 Å². The van der Waals surface area contributed by atoms with E-state index >= 15 is 0 Å². The molecule has 1 aromatic carbocycles. The highest BCUT2D eigenvalue weighted by Crippen LogP contribution is 2.16. The Bertz CT molecular complexity index is 696. The zero-order valence-electron chi connectivity index (χ0n) is 14.1. The molecule has 0 radical (unpaired) electrons. The van der Waals surface area contributed by atoms with Crippen LogP contribution in [0, 0.1) is 0 Å². The Morgan fingerprint density at radius 2 is 2.28 bits per heavy atom. The summed E-state index contributed by atoms with van der Waals surface area (Å²) < 4.78 is 5.44.